The quantitative estimate of drug-likeness (QED) is 0.330. The van der Waals surface area contributed by atoms with Crippen LogP contribution >= 0.6 is 0 Å². The van der Waals surface area contributed by atoms with E-state index in [2.05, 4.69) is 17.2 Å². The zero-order valence-corrected chi connectivity index (χ0v) is 8.37. The van der Waals surface area contributed by atoms with Crippen LogP contribution in [0.3, 0.4) is 0 Å². The summed E-state index contributed by atoms with van der Waals surface area (Å²) in [6.07, 6.45) is -1.15. The highest BCUT2D eigenvalue weighted by atomic mass is 16.2. The molecule has 6 N–H and O–H groups in total. The van der Waals surface area contributed by atoms with Gasteiger partial charge in [-0.1, -0.05) is 6.58 Å². The van der Waals surface area contributed by atoms with E-state index in [0.29, 0.717) is 0 Å². The largest absolute Gasteiger partial charge is 0.370 e. The van der Waals surface area contributed by atoms with Crippen LogP contribution in [-0.4, -0.2) is 24.0 Å². The lowest BCUT2D eigenvalue weighted by Gasteiger charge is -2.17. The van der Waals surface area contributed by atoms with Gasteiger partial charge in [0.05, 0.1) is 6.42 Å². The van der Waals surface area contributed by atoms with Crippen LogP contribution in [0.1, 0.15) is 13.3 Å². The van der Waals surface area contributed by atoms with Crippen LogP contribution < -0.4 is 22.1 Å². The van der Waals surface area contributed by atoms with Gasteiger partial charge in [0.25, 0.3) is 0 Å². The molecule has 0 aliphatic heterocycles. The van der Waals surface area contributed by atoms with Crippen LogP contribution in [0.4, 0.5) is 4.79 Å². The van der Waals surface area contributed by atoms with Gasteiger partial charge < -0.3 is 22.1 Å². The first-order valence-electron chi connectivity index (χ1n) is 4.13. The predicted molar refractivity (Wildman–Crippen MR) is 53.3 cm³/mol. The molecule has 0 heterocycles. The standard InChI is InChI=1S/C8H14N4O3/c1-4(2)7(14)11-6(3-5(9)13)12-8(10)15/h6H,1,3H2,2H3,(H2,9,13)(H,11,14)(H3,10,12,15). The van der Waals surface area contributed by atoms with Crippen LogP contribution in [0.2, 0.25) is 0 Å². The van der Waals surface area contributed by atoms with Gasteiger partial charge in [-0.25, -0.2) is 4.79 Å². The fourth-order valence-corrected chi connectivity index (χ4v) is 0.792. The van der Waals surface area contributed by atoms with Gasteiger partial charge in [0.1, 0.15) is 6.17 Å². The normalized spacial score (nSPS) is 11.3. The van der Waals surface area contributed by atoms with Crippen molar-refractivity contribution in [3.8, 4) is 0 Å². The van der Waals surface area contributed by atoms with Crippen molar-refractivity contribution in [1.82, 2.24) is 10.6 Å². The Hall–Kier alpha value is -2.05. The number of carbonyl (C=O) groups excluding carboxylic acids is 3. The second-order valence-corrected chi connectivity index (χ2v) is 2.99. The molecule has 0 saturated carbocycles. The third-order valence-corrected chi connectivity index (χ3v) is 1.41. The highest BCUT2D eigenvalue weighted by Crippen LogP contribution is 1.91. The van der Waals surface area contributed by atoms with Gasteiger partial charge in [-0.15, -0.1) is 0 Å². The van der Waals surface area contributed by atoms with E-state index in [-0.39, 0.29) is 12.0 Å². The van der Waals surface area contributed by atoms with Crippen molar-refractivity contribution in [3.05, 3.63) is 12.2 Å². The van der Waals surface area contributed by atoms with Gasteiger partial charge in [0.2, 0.25) is 11.8 Å². The van der Waals surface area contributed by atoms with Crippen molar-refractivity contribution >= 4 is 17.8 Å². The highest BCUT2D eigenvalue weighted by Gasteiger charge is 2.15. The first-order chi connectivity index (χ1) is 6.82. The number of nitrogens with two attached hydrogens (primary N) is 2. The molecular weight excluding hydrogens is 200 g/mol. The Morgan fingerprint density at radius 3 is 2.13 bits per heavy atom. The lowest BCUT2D eigenvalue weighted by Crippen LogP contribution is -2.51. The molecule has 15 heavy (non-hydrogen) atoms. The summed E-state index contributed by atoms with van der Waals surface area (Å²) in [4.78, 5) is 32.3. The first-order valence-corrected chi connectivity index (χ1v) is 4.13. The van der Waals surface area contributed by atoms with E-state index in [9.17, 15) is 14.4 Å². The van der Waals surface area contributed by atoms with Gasteiger partial charge in [-0.3, -0.25) is 9.59 Å². The maximum Gasteiger partial charge on any atom is 0.313 e. The van der Waals surface area contributed by atoms with E-state index in [1.165, 1.54) is 6.92 Å². The summed E-state index contributed by atoms with van der Waals surface area (Å²) >= 11 is 0. The maximum atomic E-state index is 11.2. The molecule has 0 radical (unpaired) electrons. The molecule has 4 amide bonds. The molecule has 0 aromatic carbocycles. The number of nitrogens with one attached hydrogen (secondary N) is 2. The third kappa shape index (κ3) is 6.08. The van der Waals surface area contributed by atoms with Crippen molar-refractivity contribution in [3.63, 3.8) is 0 Å². The lowest BCUT2D eigenvalue weighted by atomic mass is 10.2. The van der Waals surface area contributed by atoms with Gasteiger partial charge in [0.15, 0.2) is 0 Å². The van der Waals surface area contributed by atoms with E-state index < -0.39 is 24.0 Å². The molecule has 0 saturated heterocycles. The fraction of sp³-hybridized carbons (Fsp3) is 0.375. The van der Waals surface area contributed by atoms with Crippen LogP contribution in [0.15, 0.2) is 12.2 Å². The van der Waals surface area contributed by atoms with Crippen molar-refractivity contribution in [1.29, 1.82) is 0 Å². The SMILES string of the molecule is C=C(C)C(=O)NC(CC(N)=O)NC(N)=O. The summed E-state index contributed by atoms with van der Waals surface area (Å²) in [5, 5.41) is 4.49. The van der Waals surface area contributed by atoms with E-state index in [1.54, 1.807) is 0 Å². The number of primary amides is 2. The topological polar surface area (TPSA) is 127 Å². The Kier molecular flexibility index (Phi) is 4.86. The van der Waals surface area contributed by atoms with Crippen molar-refractivity contribution < 1.29 is 14.4 Å². The van der Waals surface area contributed by atoms with Crippen LogP contribution in [0.5, 0.6) is 0 Å². The Balaban J connectivity index is 4.36. The molecule has 0 aliphatic carbocycles. The molecule has 7 nitrogen and oxygen atoms in total. The van der Waals surface area contributed by atoms with Gasteiger partial charge in [0, 0.05) is 5.57 Å². The predicted octanol–water partition coefficient (Wildman–Crippen LogP) is -1.45. The Morgan fingerprint density at radius 2 is 1.80 bits per heavy atom. The summed E-state index contributed by atoms with van der Waals surface area (Å²) in [5.41, 5.74) is 10.0. The molecule has 0 aromatic rings. The van der Waals surface area contributed by atoms with Crippen LogP contribution in [-0.2, 0) is 9.59 Å². The minimum absolute atomic E-state index is 0.234. The van der Waals surface area contributed by atoms with Gasteiger partial charge >= 0.3 is 6.03 Å². The molecule has 0 fully saturated rings. The zero-order valence-electron chi connectivity index (χ0n) is 8.37. The molecule has 7 heteroatoms. The highest BCUT2D eigenvalue weighted by molar-refractivity contribution is 5.93. The third-order valence-electron chi connectivity index (χ3n) is 1.41. The molecule has 1 unspecified atom stereocenters. The van der Waals surface area contributed by atoms with Crippen LogP contribution in [0.25, 0.3) is 0 Å². The number of urea groups is 1. The molecule has 1 atom stereocenters. The Morgan fingerprint density at radius 1 is 1.27 bits per heavy atom. The van der Waals surface area contributed by atoms with E-state index in [0.717, 1.165) is 0 Å². The van der Waals surface area contributed by atoms with Gasteiger partial charge in [-0.05, 0) is 6.92 Å². The maximum absolute atomic E-state index is 11.2. The molecule has 0 bridgehead atoms. The second kappa shape index (κ2) is 5.63. The van der Waals surface area contributed by atoms with Crippen molar-refractivity contribution in [2.45, 2.75) is 19.5 Å². The summed E-state index contributed by atoms with van der Waals surface area (Å²) < 4.78 is 0. The molecular formula is C8H14N4O3. The van der Waals surface area contributed by atoms with Crippen molar-refractivity contribution in [2.75, 3.05) is 0 Å². The summed E-state index contributed by atoms with van der Waals surface area (Å²) in [6.45, 7) is 4.88. The Bertz CT molecular complexity index is 284. The lowest BCUT2D eigenvalue weighted by molar-refractivity contribution is -0.120. The molecule has 0 aromatic heterocycles. The van der Waals surface area contributed by atoms with Crippen molar-refractivity contribution in [2.24, 2.45) is 11.5 Å². The fourth-order valence-electron chi connectivity index (χ4n) is 0.792. The molecule has 84 valence electrons. The zero-order chi connectivity index (χ0) is 12.0. The molecule has 0 spiro atoms. The average molecular weight is 214 g/mol. The minimum Gasteiger partial charge on any atom is -0.370 e. The smallest absolute Gasteiger partial charge is 0.313 e. The van der Waals surface area contributed by atoms with E-state index >= 15 is 0 Å². The number of rotatable bonds is 5. The number of carbonyl (C=O) groups is 3. The molecule has 0 aliphatic rings. The monoisotopic (exact) mass is 214 g/mol. The Labute approximate surface area is 86.9 Å². The second-order valence-electron chi connectivity index (χ2n) is 2.99. The summed E-state index contributed by atoms with van der Waals surface area (Å²) in [6, 6.07) is -0.858. The summed E-state index contributed by atoms with van der Waals surface area (Å²) in [5.74, 6) is -1.16. The first kappa shape index (κ1) is 12.9. The average Bonchev–Trinajstić information content (AvgIpc) is 2.00. The molecule has 0 rings (SSSR count). The number of amides is 4. The van der Waals surface area contributed by atoms with Gasteiger partial charge in [-0.2, -0.15) is 0 Å². The number of hydrogen-bond acceptors (Lipinski definition) is 3. The summed E-state index contributed by atoms with van der Waals surface area (Å²) in [7, 11) is 0. The minimum atomic E-state index is -0.913. The number of hydrogen-bond donors (Lipinski definition) is 4. The van der Waals surface area contributed by atoms with E-state index in [4.69, 9.17) is 11.5 Å². The van der Waals surface area contributed by atoms with E-state index in [1.807, 2.05) is 0 Å². The van der Waals surface area contributed by atoms with Crippen LogP contribution in [0, 0.1) is 0 Å².